The summed E-state index contributed by atoms with van der Waals surface area (Å²) in [5, 5.41) is 0. The second-order valence-electron chi connectivity index (χ2n) is 5.18. The zero-order chi connectivity index (χ0) is 13.0. The Bertz CT molecular complexity index is 381. The summed E-state index contributed by atoms with van der Waals surface area (Å²) in [6, 6.07) is 8.66. The van der Waals surface area contributed by atoms with Crippen LogP contribution in [0.1, 0.15) is 33.1 Å². The van der Waals surface area contributed by atoms with Gasteiger partial charge in [-0.1, -0.05) is 13.0 Å². The number of rotatable bonds is 4. The molecule has 0 aliphatic carbocycles. The summed E-state index contributed by atoms with van der Waals surface area (Å²) in [6.45, 7) is 6.29. The third-order valence-corrected chi connectivity index (χ3v) is 3.55. The van der Waals surface area contributed by atoms with Crippen LogP contribution in [0.4, 0.5) is 5.69 Å². The average Bonchev–Trinajstić information content (AvgIpc) is 2.39. The minimum Gasteiger partial charge on any atom is -0.491 e. The molecule has 0 radical (unpaired) electrons. The highest BCUT2D eigenvalue weighted by atomic mass is 16.5. The van der Waals surface area contributed by atoms with E-state index in [1.165, 1.54) is 12.1 Å². The second kappa shape index (κ2) is 6.10. The van der Waals surface area contributed by atoms with E-state index in [0.29, 0.717) is 6.04 Å². The first-order chi connectivity index (χ1) is 8.69. The zero-order valence-corrected chi connectivity index (χ0v) is 11.4. The van der Waals surface area contributed by atoms with E-state index in [2.05, 4.69) is 36.9 Å². The topological polar surface area (TPSA) is 38.5 Å². The van der Waals surface area contributed by atoms with Gasteiger partial charge in [-0.05, 0) is 38.3 Å². The van der Waals surface area contributed by atoms with Crippen LogP contribution in [0.25, 0.3) is 0 Å². The average molecular weight is 248 g/mol. The molecule has 0 spiro atoms. The Kier molecular flexibility index (Phi) is 4.48. The summed E-state index contributed by atoms with van der Waals surface area (Å²) < 4.78 is 5.86. The van der Waals surface area contributed by atoms with Gasteiger partial charge in [-0.3, -0.25) is 0 Å². The molecule has 1 aliphatic heterocycles. The van der Waals surface area contributed by atoms with Crippen molar-refractivity contribution in [2.24, 2.45) is 5.73 Å². The lowest BCUT2D eigenvalue weighted by Crippen LogP contribution is -2.42. The van der Waals surface area contributed by atoms with Crippen molar-refractivity contribution in [2.75, 3.05) is 18.0 Å². The van der Waals surface area contributed by atoms with Gasteiger partial charge in [-0.15, -0.1) is 0 Å². The largest absolute Gasteiger partial charge is 0.491 e. The van der Waals surface area contributed by atoms with Crippen LogP contribution in [-0.2, 0) is 0 Å². The molecule has 2 rings (SSSR count). The molecule has 2 unspecified atom stereocenters. The molecule has 3 nitrogen and oxygen atoms in total. The molecule has 1 aromatic rings. The standard InChI is InChI=1S/C15H24N2O/c1-3-12(2)18-15-8-4-7-14(10-15)17-9-5-6-13(16)11-17/h4,7-8,10,12-13H,3,5-6,9,11,16H2,1-2H3. The number of nitrogens with two attached hydrogens (primary N) is 1. The van der Waals surface area contributed by atoms with Crippen LogP contribution in [0.2, 0.25) is 0 Å². The van der Waals surface area contributed by atoms with E-state index in [1.807, 2.05) is 6.07 Å². The monoisotopic (exact) mass is 248 g/mol. The van der Waals surface area contributed by atoms with Gasteiger partial charge in [0, 0.05) is 30.9 Å². The lowest BCUT2D eigenvalue weighted by molar-refractivity contribution is 0.217. The highest BCUT2D eigenvalue weighted by Gasteiger charge is 2.17. The molecule has 1 aromatic carbocycles. The Labute approximate surface area is 110 Å². The normalized spacial score (nSPS) is 21.7. The molecule has 3 heteroatoms. The Morgan fingerprint density at radius 3 is 3.06 bits per heavy atom. The van der Waals surface area contributed by atoms with Crippen molar-refractivity contribution < 1.29 is 4.74 Å². The van der Waals surface area contributed by atoms with E-state index in [4.69, 9.17) is 10.5 Å². The van der Waals surface area contributed by atoms with Gasteiger partial charge in [0.25, 0.3) is 0 Å². The molecule has 18 heavy (non-hydrogen) atoms. The summed E-state index contributed by atoms with van der Waals surface area (Å²) in [5.41, 5.74) is 7.26. The first-order valence-corrected chi connectivity index (χ1v) is 6.96. The summed E-state index contributed by atoms with van der Waals surface area (Å²) in [6.07, 6.45) is 3.61. The van der Waals surface area contributed by atoms with Crippen LogP contribution in [-0.4, -0.2) is 25.2 Å². The van der Waals surface area contributed by atoms with Crippen molar-refractivity contribution in [3.8, 4) is 5.75 Å². The Morgan fingerprint density at radius 2 is 2.33 bits per heavy atom. The fraction of sp³-hybridized carbons (Fsp3) is 0.600. The van der Waals surface area contributed by atoms with E-state index in [-0.39, 0.29) is 6.10 Å². The van der Waals surface area contributed by atoms with Gasteiger partial charge in [-0.25, -0.2) is 0 Å². The lowest BCUT2D eigenvalue weighted by atomic mass is 10.1. The molecule has 1 heterocycles. The lowest BCUT2D eigenvalue weighted by Gasteiger charge is -2.32. The number of ether oxygens (including phenoxy) is 1. The quantitative estimate of drug-likeness (QED) is 0.890. The van der Waals surface area contributed by atoms with Crippen LogP contribution < -0.4 is 15.4 Å². The van der Waals surface area contributed by atoms with Crippen LogP contribution >= 0.6 is 0 Å². The molecule has 2 N–H and O–H groups in total. The third-order valence-electron chi connectivity index (χ3n) is 3.55. The summed E-state index contributed by atoms with van der Waals surface area (Å²) in [4.78, 5) is 2.36. The molecular formula is C15H24N2O. The molecular weight excluding hydrogens is 224 g/mol. The van der Waals surface area contributed by atoms with Gasteiger partial charge in [0.15, 0.2) is 0 Å². The van der Waals surface area contributed by atoms with Crippen molar-refractivity contribution in [1.29, 1.82) is 0 Å². The van der Waals surface area contributed by atoms with E-state index < -0.39 is 0 Å². The first kappa shape index (κ1) is 13.2. The van der Waals surface area contributed by atoms with Crippen LogP contribution in [0.3, 0.4) is 0 Å². The van der Waals surface area contributed by atoms with Gasteiger partial charge in [0.2, 0.25) is 0 Å². The minimum absolute atomic E-state index is 0.267. The van der Waals surface area contributed by atoms with Crippen molar-refractivity contribution >= 4 is 5.69 Å². The smallest absolute Gasteiger partial charge is 0.121 e. The van der Waals surface area contributed by atoms with Gasteiger partial charge in [-0.2, -0.15) is 0 Å². The van der Waals surface area contributed by atoms with Crippen molar-refractivity contribution in [2.45, 2.75) is 45.3 Å². The molecule has 0 bridgehead atoms. The minimum atomic E-state index is 0.267. The van der Waals surface area contributed by atoms with E-state index in [1.54, 1.807) is 0 Å². The molecule has 0 aromatic heterocycles. The van der Waals surface area contributed by atoms with Crippen LogP contribution in [0, 0.1) is 0 Å². The van der Waals surface area contributed by atoms with Crippen molar-refractivity contribution in [1.82, 2.24) is 0 Å². The molecule has 100 valence electrons. The van der Waals surface area contributed by atoms with Crippen LogP contribution in [0.5, 0.6) is 5.75 Å². The zero-order valence-electron chi connectivity index (χ0n) is 11.4. The number of nitrogens with zero attached hydrogens (tertiary/aromatic N) is 1. The summed E-state index contributed by atoms with van der Waals surface area (Å²) in [5.74, 6) is 0.959. The highest BCUT2D eigenvalue weighted by molar-refractivity contribution is 5.51. The SMILES string of the molecule is CCC(C)Oc1cccc(N2CCCC(N)C2)c1. The fourth-order valence-electron chi connectivity index (χ4n) is 2.31. The molecule has 1 fully saturated rings. The predicted molar refractivity (Wildman–Crippen MR) is 76.2 cm³/mol. The predicted octanol–water partition coefficient (Wildman–Crippen LogP) is 2.79. The fourth-order valence-corrected chi connectivity index (χ4v) is 2.31. The molecule has 0 amide bonds. The number of benzene rings is 1. The molecule has 2 atom stereocenters. The van der Waals surface area contributed by atoms with Gasteiger partial charge in [0.1, 0.15) is 5.75 Å². The number of anilines is 1. The molecule has 1 saturated heterocycles. The van der Waals surface area contributed by atoms with Crippen molar-refractivity contribution in [3.05, 3.63) is 24.3 Å². The van der Waals surface area contributed by atoms with Gasteiger partial charge >= 0.3 is 0 Å². The number of piperidine rings is 1. The Morgan fingerprint density at radius 1 is 1.50 bits per heavy atom. The molecule has 1 aliphatic rings. The van der Waals surface area contributed by atoms with Crippen molar-refractivity contribution in [3.63, 3.8) is 0 Å². The summed E-state index contributed by atoms with van der Waals surface area (Å²) in [7, 11) is 0. The first-order valence-electron chi connectivity index (χ1n) is 6.96. The maximum absolute atomic E-state index is 6.03. The number of hydrogen-bond acceptors (Lipinski definition) is 3. The van der Waals surface area contributed by atoms with Crippen LogP contribution in [0.15, 0.2) is 24.3 Å². The Hall–Kier alpha value is -1.22. The van der Waals surface area contributed by atoms with Gasteiger partial charge < -0.3 is 15.4 Å². The maximum atomic E-state index is 6.03. The van der Waals surface area contributed by atoms with E-state index in [9.17, 15) is 0 Å². The maximum Gasteiger partial charge on any atom is 0.121 e. The number of hydrogen-bond donors (Lipinski definition) is 1. The Balaban J connectivity index is 2.06. The third kappa shape index (κ3) is 3.39. The second-order valence-corrected chi connectivity index (χ2v) is 5.18. The van der Waals surface area contributed by atoms with E-state index in [0.717, 1.165) is 31.7 Å². The molecule has 0 saturated carbocycles. The highest BCUT2D eigenvalue weighted by Crippen LogP contribution is 2.24. The van der Waals surface area contributed by atoms with E-state index >= 15 is 0 Å². The summed E-state index contributed by atoms with van der Waals surface area (Å²) >= 11 is 0. The van der Waals surface area contributed by atoms with Gasteiger partial charge in [0.05, 0.1) is 6.10 Å².